The molecule has 146 valence electrons. The lowest BCUT2D eigenvalue weighted by atomic mass is 10.2. The molecule has 1 aliphatic rings. The molecular formula is C16H22F3N3O3S. The van der Waals surface area contributed by atoms with E-state index in [-0.39, 0.29) is 37.0 Å². The SMILES string of the molecule is CCNS(=O)(=O)c1ccc(C(=O)N2CCCN(CC(F)(F)F)CC2)cc1. The number of hydrogen-bond acceptors (Lipinski definition) is 4. The molecule has 6 nitrogen and oxygen atoms in total. The molecule has 10 heteroatoms. The van der Waals surface area contributed by atoms with Crippen LogP contribution < -0.4 is 4.72 Å². The van der Waals surface area contributed by atoms with E-state index in [2.05, 4.69) is 4.72 Å². The number of carbonyl (C=O) groups is 1. The summed E-state index contributed by atoms with van der Waals surface area (Å²) in [6.45, 7) is 1.94. The summed E-state index contributed by atoms with van der Waals surface area (Å²) in [5.41, 5.74) is 0.310. The summed E-state index contributed by atoms with van der Waals surface area (Å²) in [5, 5.41) is 0. The lowest BCUT2D eigenvalue weighted by molar-refractivity contribution is -0.145. The Morgan fingerprint density at radius 2 is 1.77 bits per heavy atom. The molecule has 0 spiro atoms. The minimum Gasteiger partial charge on any atom is -0.337 e. The van der Waals surface area contributed by atoms with Gasteiger partial charge >= 0.3 is 6.18 Å². The van der Waals surface area contributed by atoms with E-state index in [9.17, 15) is 26.4 Å². The van der Waals surface area contributed by atoms with Gasteiger partial charge in [-0.1, -0.05) is 6.92 Å². The topological polar surface area (TPSA) is 69.7 Å². The van der Waals surface area contributed by atoms with E-state index in [1.54, 1.807) is 6.92 Å². The van der Waals surface area contributed by atoms with Crippen molar-refractivity contribution in [3.63, 3.8) is 0 Å². The summed E-state index contributed by atoms with van der Waals surface area (Å²) in [7, 11) is -3.60. The molecule has 1 saturated heterocycles. The first-order valence-electron chi connectivity index (χ1n) is 8.30. The van der Waals surface area contributed by atoms with Crippen LogP contribution in [0.1, 0.15) is 23.7 Å². The van der Waals surface area contributed by atoms with E-state index in [1.165, 1.54) is 34.1 Å². The second kappa shape index (κ2) is 8.36. The Morgan fingerprint density at radius 3 is 2.35 bits per heavy atom. The van der Waals surface area contributed by atoms with E-state index in [1.807, 2.05) is 0 Å². The Hall–Kier alpha value is -1.65. The van der Waals surface area contributed by atoms with Crippen LogP contribution in [0, 0.1) is 0 Å². The standard InChI is InChI=1S/C16H22F3N3O3S/c1-2-20-26(24,25)14-6-4-13(5-7-14)15(23)22-9-3-8-21(10-11-22)12-16(17,18)19/h4-7,20H,2-3,8-12H2,1H3. The van der Waals surface area contributed by atoms with Gasteiger partial charge in [-0.2, -0.15) is 13.2 Å². The van der Waals surface area contributed by atoms with Crippen LogP contribution in [0.15, 0.2) is 29.2 Å². The average molecular weight is 393 g/mol. The quantitative estimate of drug-likeness (QED) is 0.827. The fraction of sp³-hybridized carbons (Fsp3) is 0.562. The molecule has 2 rings (SSSR count). The van der Waals surface area contributed by atoms with Gasteiger partial charge in [0.1, 0.15) is 0 Å². The van der Waals surface area contributed by atoms with Gasteiger partial charge in [0.05, 0.1) is 11.4 Å². The zero-order valence-electron chi connectivity index (χ0n) is 14.4. The maximum atomic E-state index is 12.6. The smallest absolute Gasteiger partial charge is 0.337 e. The molecule has 26 heavy (non-hydrogen) atoms. The largest absolute Gasteiger partial charge is 0.401 e. The Labute approximate surface area is 151 Å². The summed E-state index contributed by atoms with van der Waals surface area (Å²) in [6.07, 6.45) is -3.80. The first-order valence-corrected chi connectivity index (χ1v) is 9.79. The van der Waals surface area contributed by atoms with Gasteiger partial charge in [0.25, 0.3) is 5.91 Å². The van der Waals surface area contributed by atoms with E-state index < -0.39 is 22.7 Å². The van der Waals surface area contributed by atoms with Gasteiger partial charge in [0.2, 0.25) is 10.0 Å². The summed E-state index contributed by atoms with van der Waals surface area (Å²) < 4.78 is 63.7. The number of halogens is 3. The first-order chi connectivity index (χ1) is 12.1. The second-order valence-corrected chi connectivity index (χ2v) is 7.83. The number of rotatable bonds is 5. The lowest BCUT2D eigenvalue weighted by Gasteiger charge is -2.23. The Morgan fingerprint density at radius 1 is 1.12 bits per heavy atom. The molecule has 0 aromatic heterocycles. The molecule has 1 aromatic carbocycles. The Kier molecular flexibility index (Phi) is 6.64. The predicted molar refractivity (Wildman–Crippen MR) is 90.3 cm³/mol. The highest BCUT2D eigenvalue weighted by atomic mass is 32.2. The van der Waals surface area contributed by atoms with Crippen LogP contribution in [-0.4, -0.2) is 69.6 Å². The van der Waals surface area contributed by atoms with Crippen molar-refractivity contribution in [1.82, 2.24) is 14.5 Å². The first kappa shape index (κ1) is 20.7. The molecule has 0 radical (unpaired) electrons. The van der Waals surface area contributed by atoms with Crippen molar-refractivity contribution >= 4 is 15.9 Å². The Balaban J connectivity index is 2.03. The molecule has 1 fully saturated rings. The van der Waals surface area contributed by atoms with Crippen molar-refractivity contribution in [3.8, 4) is 0 Å². The van der Waals surface area contributed by atoms with E-state index in [0.29, 0.717) is 18.5 Å². The van der Waals surface area contributed by atoms with Crippen LogP contribution in [0.5, 0.6) is 0 Å². The van der Waals surface area contributed by atoms with Gasteiger partial charge in [-0.15, -0.1) is 0 Å². The van der Waals surface area contributed by atoms with Crippen LogP contribution in [0.4, 0.5) is 13.2 Å². The highest BCUT2D eigenvalue weighted by Crippen LogP contribution is 2.18. The summed E-state index contributed by atoms with van der Waals surface area (Å²) in [6, 6.07) is 5.54. The number of benzene rings is 1. The molecule has 1 heterocycles. The molecule has 1 aromatic rings. The minimum atomic E-state index is -4.26. The molecule has 0 saturated carbocycles. The maximum absolute atomic E-state index is 12.6. The lowest BCUT2D eigenvalue weighted by Crippen LogP contribution is -2.38. The van der Waals surface area contributed by atoms with Gasteiger partial charge in [-0.05, 0) is 30.7 Å². The zero-order chi connectivity index (χ0) is 19.4. The number of carbonyl (C=O) groups excluding carboxylic acids is 1. The third kappa shape index (κ3) is 5.68. The monoisotopic (exact) mass is 393 g/mol. The number of nitrogens with one attached hydrogen (secondary N) is 1. The van der Waals surface area contributed by atoms with Gasteiger partial charge in [0, 0.05) is 38.3 Å². The van der Waals surface area contributed by atoms with Crippen molar-refractivity contribution in [1.29, 1.82) is 0 Å². The third-order valence-corrected chi connectivity index (χ3v) is 5.59. The van der Waals surface area contributed by atoms with Crippen molar-refractivity contribution in [2.45, 2.75) is 24.4 Å². The van der Waals surface area contributed by atoms with Crippen molar-refractivity contribution in [2.75, 3.05) is 39.3 Å². The molecule has 0 unspecified atom stereocenters. The molecular weight excluding hydrogens is 371 g/mol. The number of alkyl halides is 3. The Bertz CT molecular complexity index is 720. The molecule has 1 amide bonds. The van der Waals surface area contributed by atoms with Crippen molar-refractivity contribution < 1.29 is 26.4 Å². The third-order valence-electron chi connectivity index (χ3n) is 4.02. The van der Waals surface area contributed by atoms with Gasteiger partial charge < -0.3 is 4.90 Å². The molecule has 1 N–H and O–H groups in total. The fourth-order valence-corrected chi connectivity index (χ4v) is 3.86. The molecule has 0 bridgehead atoms. The van der Waals surface area contributed by atoms with Crippen LogP contribution in [-0.2, 0) is 10.0 Å². The maximum Gasteiger partial charge on any atom is 0.401 e. The van der Waals surface area contributed by atoms with E-state index in [4.69, 9.17) is 0 Å². The number of sulfonamides is 1. The predicted octanol–water partition coefficient (Wildman–Crippen LogP) is 1.69. The highest BCUT2D eigenvalue weighted by molar-refractivity contribution is 7.89. The summed E-state index contributed by atoms with van der Waals surface area (Å²) in [4.78, 5) is 15.4. The fourth-order valence-electron chi connectivity index (χ4n) is 2.82. The van der Waals surface area contributed by atoms with E-state index in [0.717, 1.165) is 0 Å². The molecule has 1 aliphatic heterocycles. The van der Waals surface area contributed by atoms with Gasteiger partial charge in [0.15, 0.2) is 0 Å². The van der Waals surface area contributed by atoms with Crippen LogP contribution in [0.3, 0.4) is 0 Å². The second-order valence-electron chi connectivity index (χ2n) is 6.06. The summed E-state index contributed by atoms with van der Waals surface area (Å²) >= 11 is 0. The normalized spacial score (nSPS) is 17.2. The van der Waals surface area contributed by atoms with Crippen molar-refractivity contribution in [2.24, 2.45) is 0 Å². The van der Waals surface area contributed by atoms with Gasteiger partial charge in [-0.25, -0.2) is 13.1 Å². The van der Waals surface area contributed by atoms with Gasteiger partial charge in [-0.3, -0.25) is 9.69 Å². The summed E-state index contributed by atoms with van der Waals surface area (Å²) in [5.74, 6) is -0.314. The van der Waals surface area contributed by atoms with Crippen LogP contribution in [0.25, 0.3) is 0 Å². The highest BCUT2D eigenvalue weighted by Gasteiger charge is 2.32. The average Bonchev–Trinajstić information content (AvgIpc) is 2.78. The van der Waals surface area contributed by atoms with Crippen LogP contribution in [0.2, 0.25) is 0 Å². The molecule has 0 aliphatic carbocycles. The van der Waals surface area contributed by atoms with Crippen LogP contribution >= 0.6 is 0 Å². The number of amides is 1. The zero-order valence-corrected chi connectivity index (χ0v) is 15.2. The van der Waals surface area contributed by atoms with E-state index >= 15 is 0 Å². The van der Waals surface area contributed by atoms with Crippen molar-refractivity contribution in [3.05, 3.63) is 29.8 Å². The molecule has 0 atom stereocenters. The minimum absolute atomic E-state index is 0.0584. The number of nitrogens with zero attached hydrogens (tertiary/aromatic N) is 2. The number of hydrogen-bond donors (Lipinski definition) is 1.